The molecule has 2 aromatic rings. The van der Waals surface area contributed by atoms with E-state index < -0.39 is 24.0 Å². The van der Waals surface area contributed by atoms with Crippen LogP contribution in [0.3, 0.4) is 0 Å². The van der Waals surface area contributed by atoms with Gasteiger partial charge in [0.25, 0.3) is 11.8 Å². The van der Waals surface area contributed by atoms with E-state index in [1.165, 1.54) is 4.90 Å². The third-order valence-corrected chi connectivity index (χ3v) is 6.10. The summed E-state index contributed by atoms with van der Waals surface area (Å²) in [7, 11) is 0. The van der Waals surface area contributed by atoms with Crippen molar-refractivity contribution in [2.45, 2.75) is 31.7 Å². The van der Waals surface area contributed by atoms with Gasteiger partial charge in [0.1, 0.15) is 5.84 Å². The minimum atomic E-state index is -1.70. The van der Waals surface area contributed by atoms with Gasteiger partial charge in [-0.15, -0.1) is 12.4 Å². The second-order valence-corrected chi connectivity index (χ2v) is 8.22. The van der Waals surface area contributed by atoms with Gasteiger partial charge in [0.2, 0.25) is 5.91 Å². The lowest BCUT2D eigenvalue weighted by molar-refractivity contribution is -0.150. The number of carbonyl (C=O) groups is 3. The van der Waals surface area contributed by atoms with Crippen molar-refractivity contribution in [2.24, 2.45) is 0 Å². The molecule has 3 heterocycles. The number of nitrogens with one attached hydrogen (secondary N) is 4. The first kappa shape index (κ1) is 23.7. The molecule has 0 radical (unpaired) electrons. The van der Waals surface area contributed by atoms with Crippen LogP contribution in [0, 0.1) is 5.41 Å². The molecule has 2 atom stereocenters. The molecule has 0 spiro atoms. The number of aliphatic hydroxyl groups excluding tert-OH is 1. The molecule has 11 heteroatoms. The van der Waals surface area contributed by atoms with E-state index in [4.69, 9.17) is 10.1 Å². The third kappa shape index (κ3) is 4.35. The van der Waals surface area contributed by atoms with Crippen molar-refractivity contribution in [3.63, 3.8) is 0 Å². The van der Waals surface area contributed by atoms with Gasteiger partial charge >= 0.3 is 0 Å². The predicted molar refractivity (Wildman–Crippen MR) is 126 cm³/mol. The van der Waals surface area contributed by atoms with Gasteiger partial charge < -0.3 is 30.7 Å². The van der Waals surface area contributed by atoms with Gasteiger partial charge in [0.05, 0.1) is 13.0 Å². The van der Waals surface area contributed by atoms with Crippen LogP contribution in [0.1, 0.15) is 22.3 Å². The van der Waals surface area contributed by atoms with Gasteiger partial charge in [-0.3, -0.25) is 19.8 Å². The summed E-state index contributed by atoms with van der Waals surface area (Å²) < 4.78 is 5.48. The first-order valence-electron chi connectivity index (χ1n) is 10.7. The topological polar surface area (TPSA) is 144 Å². The number of amides is 3. The van der Waals surface area contributed by atoms with E-state index in [1.807, 2.05) is 6.07 Å². The highest BCUT2D eigenvalue weighted by Crippen LogP contribution is 2.26. The Kier molecular flexibility index (Phi) is 6.56. The number of rotatable bonds is 4. The number of halogens is 1. The molecular formula is C23H24ClN5O5. The summed E-state index contributed by atoms with van der Waals surface area (Å²) in [6.07, 6.45) is -2.80. The predicted octanol–water partition coefficient (Wildman–Crippen LogP) is 0.441. The molecule has 3 amide bonds. The molecule has 0 aliphatic carbocycles. The first-order valence-corrected chi connectivity index (χ1v) is 10.7. The van der Waals surface area contributed by atoms with Crippen molar-refractivity contribution in [1.82, 2.24) is 10.6 Å². The molecule has 2 aromatic carbocycles. The summed E-state index contributed by atoms with van der Waals surface area (Å²) in [5.74, 6) is -1.02. The minimum Gasteiger partial charge on any atom is -0.380 e. The number of fused-ring (bicyclic) bond motifs is 2. The van der Waals surface area contributed by atoms with Crippen molar-refractivity contribution >= 4 is 47.3 Å². The average Bonchev–Trinajstić information content (AvgIpc) is 3.18. The van der Waals surface area contributed by atoms with Crippen molar-refractivity contribution in [1.29, 1.82) is 5.41 Å². The van der Waals surface area contributed by atoms with Crippen LogP contribution in [-0.2, 0) is 38.6 Å². The quantitative estimate of drug-likeness (QED) is 0.425. The number of carbonyl (C=O) groups excluding carboxylic acids is 3. The number of anilines is 2. The normalized spacial score (nSPS) is 19.9. The number of morpholine rings is 1. The van der Waals surface area contributed by atoms with Crippen LogP contribution in [0.4, 0.5) is 11.4 Å². The van der Waals surface area contributed by atoms with Crippen LogP contribution in [0.25, 0.3) is 0 Å². The third-order valence-electron chi connectivity index (χ3n) is 6.10. The summed E-state index contributed by atoms with van der Waals surface area (Å²) in [5, 5.41) is 26.7. The average molecular weight is 486 g/mol. The Bertz CT molecular complexity index is 1190. The van der Waals surface area contributed by atoms with Crippen LogP contribution < -0.4 is 20.9 Å². The SMILES string of the molecule is Cl.N=C1NCc2cc(NC(=O)[C@H](O)[C@H]3OCCN(c4ccc5c(c4)CC(=O)NC5)C3=O)ccc21. The van der Waals surface area contributed by atoms with Crippen molar-refractivity contribution < 1.29 is 24.2 Å². The number of ether oxygens (including phenoxy) is 1. The monoisotopic (exact) mass is 485 g/mol. The van der Waals surface area contributed by atoms with E-state index in [0.717, 1.165) is 22.3 Å². The van der Waals surface area contributed by atoms with E-state index >= 15 is 0 Å². The molecule has 0 aromatic heterocycles. The zero-order valence-corrected chi connectivity index (χ0v) is 18.9. The van der Waals surface area contributed by atoms with E-state index in [2.05, 4.69) is 16.0 Å². The number of hydrogen-bond acceptors (Lipinski definition) is 6. The molecule has 0 saturated carbocycles. The lowest BCUT2D eigenvalue weighted by Crippen LogP contribution is -2.55. The van der Waals surface area contributed by atoms with Crippen LogP contribution in [-0.4, -0.2) is 54.0 Å². The summed E-state index contributed by atoms with van der Waals surface area (Å²) in [6.45, 7) is 1.37. The Morgan fingerprint density at radius 3 is 2.74 bits per heavy atom. The second-order valence-electron chi connectivity index (χ2n) is 8.22. The van der Waals surface area contributed by atoms with E-state index in [1.54, 1.807) is 30.3 Å². The highest BCUT2D eigenvalue weighted by molar-refractivity contribution is 6.05. The standard InChI is InChI=1S/C23H23N5O5.ClH/c24-21-17-4-2-15(7-14(17)11-26-21)27-22(31)19(30)20-23(32)28(5-6-33-20)16-3-1-12-10-25-18(29)9-13(12)8-16;/h1-4,7-8,19-20,30H,5-6,9-11H2,(H2,24,26)(H,25,29)(H,27,31);1H/t19-,20-;/m1./s1. The van der Waals surface area contributed by atoms with Gasteiger partial charge in [-0.2, -0.15) is 0 Å². The number of aliphatic hydroxyl groups is 1. The second kappa shape index (κ2) is 9.41. The maximum atomic E-state index is 13.1. The van der Waals surface area contributed by atoms with E-state index in [0.29, 0.717) is 30.3 Å². The Balaban J connectivity index is 0.00000274. The summed E-state index contributed by atoms with van der Waals surface area (Å²) in [5.41, 5.74) is 4.53. The molecule has 5 N–H and O–H groups in total. The number of amidine groups is 1. The highest BCUT2D eigenvalue weighted by atomic mass is 35.5. The zero-order chi connectivity index (χ0) is 23.1. The Labute approximate surface area is 201 Å². The van der Waals surface area contributed by atoms with Gasteiger partial charge in [0.15, 0.2) is 12.2 Å². The van der Waals surface area contributed by atoms with Crippen molar-refractivity contribution in [3.05, 3.63) is 58.7 Å². The van der Waals surface area contributed by atoms with E-state index in [-0.39, 0.29) is 37.9 Å². The maximum absolute atomic E-state index is 13.1. The molecule has 1 saturated heterocycles. The van der Waals surface area contributed by atoms with E-state index in [9.17, 15) is 19.5 Å². The molecule has 178 valence electrons. The molecule has 0 unspecified atom stereocenters. The zero-order valence-electron chi connectivity index (χ0n) is 18.1. The van der Waals surface area contributed by atoms with Crippen LogP contribution >= 0.6 is 12.4 Å². The highest BCUT2D eigenvalue weighted by Gasteiger charge is 2.39. The van der Waals surface area contributed by atoms with Crippen LogP contribution in [0.5, 0.6) is 0 Å². The van der Waals surface area contributed by atoms with Gasteiger partial charge in [-0.1, -0.05) is 6.07 Å². The van der Waals surface area contributed by atoms with Crippen LogP contribution in [0.15, 0.2) is 36.4 Å². The fourth-order valence-electron chi connectivity index (χ4n) is 4.33. The summed E-state index contributed by atoms with van der Waals surface area (Å²) >= 11 is 0. The van der Waals surface area contributed by atoms with Crippen LogP contribution in [0.2, 0.25) is 0 Å². The molecule has 34 heavy (non-hydrogen) atoms. The molecule has 3 aliphatic heterocycles. The Hall–Kier alpha value is -3.47. The molecule has 0 bridgehead atoms. The van der Waals surface area contributed by atoms with Crippen molar-refractivity contribution in [2.75, 3.05) is 23.4 Å². The number of benzene rings is 2. The minimum absolute atomic E-state index is 0. The first-order chi connectivity index (χ1) is 15.9. The fourth-order valence-corrected chi connectivity index (χ4v) is 4.33. The summed E-state index contributed by atoms with van der Waals surface area (Å²) in [6, 6.07) is 10.6. The smallest absolute Gasteiger partial charge is 0.259 e. The molecule has 5 rings (SSSR count). The Morgan fingerprint density at radius 1 is 1.12 bits per heavy atom. The Morgan fingerprint density at radius 2 is 1.91 bits per heavy atom. The fraction of sp³-hybridized carbons (Fsp3) is 0.304. The van der Waals surface area contributed by atoms with Gasteiger partial charge in [-0.05, 0) is 47.0 Å². The number of nitrogens with zero attached hydrogens (tertiary/aromatic N) is 1. The molecular weight excluding hydrogens is 462 g/mol. The van der Waals surface area contributed by atoms with Gasteiger partial charge in [0, 0.05) is 36.6 Å². The number of hydrogen-bond donors (Lipinski definition) is 5. The van der Waals surface area contributed by atoms with Crippen molar-refractivity contribution in [3.8, 4) is 0 Å². The molecule has 3 aliphatic rings. The molecule has 10 nitrogen and oxygen atoms in total. The van der Waals surface area contributed by atoms with Gasteiger partial charge in [-0.25, -0.2) is 0 Å². The largest absolute Gasteiger partial charge is 0.380 e. The lowest BCUT2D eigenvalue weighted by Gasteiger charge is -2.34. The lowest BCUT2D eigenvalue weighted by atomic mass is 9.99. The maximum Gasteiger partial charge on any atom is 0.259 e. The molecule has 1 fully saturated rings. The summed E-state index contributed by atoms with van der Waals surface area (Å²) in [4.78, 5) is 39.0.